The number of Topliss-reactive ketones (excluding diaryl/α,β-unsaturated/α-hetero) is 1. The zero-order chi connectivity index (χ0) is 15.6. The highest BCUT2D eigenvalue weighted by Gasteiger charge is 2.13. The fraction of sp³-hybridized carbons (Fsp3) is 0.0476. The van der Waals surface area contributed by atoms with Gasteiger partial charge >= 0.3 is 0 Å². The first-order valence-corrected chi connectivity index (χ1v) is 7.69. The van der Waals surface area contributed by atoms with Gasteiger partial charge in [-0.3, -0.25) is 4.79 Å². The zero-order valence-corrected chi connectivity index (χ0v) is 14.6. The Morgan fingerprint density at radius 2 is 1.38 bits per heavy atom. The minimum absolute atomic E-state index is 0. The maximum atomic E-state index is 12.6. The molecule has 1 aromatic heterocycles. The van der Waals surface area contributed by atoms with Crippen LogP contribution in [0.4, 0.5) is 0 Å². The van der Waals surface area contributed by atoms with Crippen LogP contribution in [0.15, 0.2) is 85.2 Å². The molecule has 0 spiro atoms. The van der Waals surface area contributed by atoms with Gasteiger partial charge in [-0.15, -0.1) is 0 Å². The summed E-state index contributed by atoms with van der Waals surface area (Å²) < 4.78 is 1.94. The van der Waals surface area contributed by atoms with Gasteiger partial charge in [0.05, 0.1) is 0 Å². The quantitative estimate of drug-likeness (QED) is 0.387. The summed E-state index contributed by atoms with van der Waals surface area (Å²) in [5.41, 5.74) is 0.754. The molecule has 3 aromatic carbocycles. The molecule has 0 saturated carbocycles. The minimum atomic E-state index is 0. The van der Waals surface area contributed by atoms with Crippen molar-refractivity contribution in [2.24, 2.45) is 0 Å². The summed E-state index contributed by atoms with van der Waals surface area (Å²) in [6.07, 6.45) is 3.98. The zero-order valence-electron chi connectivity index (χ0n) is 13.0. The van der Waals surface area contributed by atoms with Crippen molar-refractivity contribution >= 4 is 27.3 Å². The van der Waals surface area contributed by atoms with Gasteiger partial charge in [0.15, 0.2) is 12.4 Å². The molecular formula is C21H16BrNO. The van der Waals surface area contributed by atoms with E-state index in [2.05, 4.69) is 18.2 Å². The molecule has 0 amide bonds. The van der Waals surface area contributed by atoms with E-state index in [1.807, 2.05) is 71.6 Å². The Balaban J connectivity index is 0.00000169. The summed E-state index contributed by atoms with van der Waals surface area (Å²) in [5, 5.41) is 4.58. The van der Waals surface area contributed by atoms with Gasteiger partial charge in [-0.25, -0.2) is 0 Å². The molecule has 4 aromatic rings. The van der Waals surface area contributed by atoms with Crippen molar-refractivity contribution in [1.82, 2.24) is 0 Å². The van der Waals surface area contributed by atoms with Crippen LogP contribution in [0.25, 0.3) is 21.5 Å². The Labute approximate surface area is 151 Å². The summed E-state index contributed by atoms with van der Waals surface area (Å²) in [4.78, 5) is 12.6. The minimum Gasteiger partial charge on any atom is -1.00 e. The van der Waals surface area contributed by atoms with Crippen LogP contribution in [-0.4, -0.2) is 5.78 Å². The molecule has 3 heteroatoms. The second-order valence-corrected chi connectivity index (χ2v) is 5.73. The molecule has 4 rings (SSSR count). The summed E-state index contributed by atoms with van der Waals surface area (Å²) >= 11 is 0. The lowest BCUT2D eigenvalue weighted by Crippen LogP contribution is -3.00. The first kappa shape index (κ1) is 16.3. The standard InChI is InChI=1S/C21H16NO.BrH/c23-21(19-10-9-16-5-1-3-7-18(16)13-19)15-22-12-11-17-6-2-4-8-20(17)14-22;/h1-14H,15H2;1H/q+1;/p-1. The lowest BCUT2D eigenvalue weighted by atomic mass is 10.0. The number of ketones is 1. The average molecular weight is 378 g/mol. The maximum absolute atomic E-state index is 12.6. The SMILES string of the molecule is O=C(C[n+]1ccc2ccccc2c1)c1ccc2ccccc2c1.[Br-]. The van der Waals surface area contributed by atoms with E-state index < -0.39 is 0 Å². The maximum Gasteiger partial charge on any atom is 0.227 e. The van der Waals surface area contributed by atoms with Gasteiger partial charge in [-0.05, 0) is 28.3 Å². The van der Waals surface area contributed by atoms with Crippen LogP contribution in [0.5, 0.6) is 0 Å². The van der Waals surface area contributed by atoms with Crippen molar-refractivity contribution in [3.8, 4) is 0 Å². The highest BCUT2D eigenvalue weighted by Crippen LogP contribution is 2.16. The van der Waals surface area contributed by atoms with Crippen molar-refractivity contribution in [3.63, 3.8) is 0 Å². The molecule has 0 aliphatic heterocycles. The van der Waals surface area contributed by atoms with E-state index in [1.165, 1.54) is 5.39 Å². The van der Waals surface area contributed by atoms with Crippen LogP contribution in [-0.2, 0) is 6.54 Å². The molecule has 0 unspecified atom stereocenters. The normalized spacial score (nSPS) is 10.5. The average Bonchev–Trinajstić information content (AvgIpc) is 2.61. The van der Waals surface area contributed by atoms with E-state index in [4.69, 9.17) is 0 Å². The molecule has 0 N–H and O–H groups in total. The van der Waals surface area contributed by atoms with Gasteiger partial charge in [-0.2, -0.15) is 4.57 Å². The number of halogens is 1. The predicted octanol–water partition coefficient (Wildman–Crippen LogP) is 1.17. The first-order valence-electron chi connectivity index (χ1n) is 7.69. The number of aromatic nitrogens is 1. The van der Waals surface area contributed by atoms with Crippen LogP contribution in [0.2, 0.25) is 0 Å². The fourth-order valence-corrected chi connectivity index (χ4v) is 2.90. The Morgan fingerprint density at radius 3 is 2.12 bits per heavy atom. The van der Waals surface area contributed by atoms with E-state index in [9.17, 15) is 4.79 Å². The van der Waals surface area contributed by atoms with Gasteiger partial charge in [0, 0.05) is 17.0 Å². The molecule has 2 nitrogen and oxygen atoms in total. The lowest BCUT2D eigenvalue weighted by molar-refractivity contribution is -0.681. The molecule has 118 valence electrons. The van der Waals surface area contributed by atoms with Crippen molar-refractivity contribution in [2.45, 2.75) is 6.54 Å². The predicted molar refractivity (Wildman–Crippen MR) is 92.4 cm³/mol. The van der Waals surface area contributed by atoms with Gasteiger partial charge in [0.2, 0.25) is 12.3 Å². The molecule has 1 heterocycles. The van der Waals surface area contributed by atoms with E-state index in [-0.39, 0.29) is 22.8 Å². The number of nitrogens with zero attached hydrogens (tertiary/aromatic N) is 1. The molecule has 24 heavy (non-hydrogen) atoms. The van der Waals surface area contributed by atoms with E-state index in [0.717, 1.165) is 21.7 Å². The molecule has 0 saturated heterocycles. The summed E-state index contributed by atoms with van der Waals surface area (Å²) in [7, 11) is 0. The Kier molecular flexibility index (Phi) is 4.72. The number of hydrogen-bond donors (Lipinski definition) is 0. The highest BCUT2D eigenvalue weighted by molar-refractivity contribution is 5.99. The third-order valence-corrected chi connectivity index (χ3v) is 4.14. The van der Waals surface area contributed by atoms with Crippen molar-refractivity contribution in [1.29, 1.82) is 0 Å². The Hall–Kier alpha value is -2.52. The monoisotopic (exact) mass is 377 g/mol. The smallest absolute Gasteiger partial charge is 0.227 e. The van der Waals surface area contributed by atoms with E-state index in [0.29, 0.717) is 6.54 Å². The van der Waals surface area contributed by atoms with Crippen LogP contribution in [0, 0.1) is 0 Å². The van der Waals surface area contributed by atoms with Crippen molar-refractivity contribution in [2.75, 3.05) is 0 Å². The number of carbonyl (C=O) groups excluding carboxylic acids is 1. The number of rotatable bonds is 3. The molecule has 0 bridgehead atoms. The topological polar surface area (TPSA) is 20.9 Å². The van der Waals surface area contributed by atoms with Gasteiger partial charge < -0.3 is 17.0 Å². The lowest BCUT2D eigenvalue weighted by Gasteiger charge is -2.02. The Morgan fingerprint density at radius 1 is 0.750 bits per heavy atom. The van der Waals surface area contributed by atoms with Crippen LogP contribution in [0.1, 0.15) is 10.4 Å². The number of hydrogen-bond acceptors (Lipinski definition) is 1. The van der Waals surface area contributed by atoms with Gasteiger partial charge in [0.25, 0.3) is 0 Å². The highest BCUT2D eigenvalue weighted by atomic mass is 79.9. The first-order chi connectivity index (χ1) is 11.3. The molecule has 0 aliphatic rings. The second kappa shape index (κ2) is 6.93. The van der Waals surface area contributed by atoms with Gasteiger partial charge in [0.1, 0.15) is 0 Å². The van der Waals surface area contributed by atoms with E-state index in [1.54, 1.807) is 0 Å². The van der Waals surface area contributed by atoms with Crippen molar-refractivity contribution < 1.29 is 26.3 Å². The number of benzene rings is 3. The second-order valence-electron chi connectivity index (χ2n) is 5.73. The summed E-state index contributed by atoms with van der Waals surface area (Å²) in [5.74, 6) is 0.121. The summed E-state index contributed by atoms with van der Waals surface area (Å²) in [6.45, 7) is 0.350. The number of carbonyl (C=O) groups is 1. The molecule has 0 atom stereocenters. The van der Waals surface area contributed by atoms with Crippen LogP contribution < -0.4 is 21.5 Å². The molecule has 0 radical (unpaired) electrons. The molecular weight excluding hydrogens is 362 g/mol. The molecule has 0 aliphatic carbocycles. The third-order valence-electron chi connectivity index (χ3n) is 4.14. The van der Waals surface area contributed by atoms with Crippen LogP contribution >= 0.6 is 0 Å². The molecule has 0 fully saturated rings. The third kappa shape index (κ3) is 3.22. The van der Waals surface area contributed by atoms with E-state index >= 15 is 0 Å². The number of fused-ring (bicyclic) bond motifs is 2. The van der Waals surface area contributed by atoms with Crippen LogP contribution in [0.3, 0.4) is 0 Å². The summed E-state index contributed by atoms with van der Waals surface area (Å²) in [6, 6.07) is 24.2. The Bertz CT molecular complexity index is 1030. The number of pyridine rings is 1. The van der Waals surface area contributed by atoms with Crippen molar-refractivity contribution in [3.05, 3.63) is 90.8 Å². The largest absolute Gasteiger partial charge is 1.00 e. The fourth-order valence-electron chi connectivity index (χ4n) is 2.90. The van der Waals surface area contributed by atoms with Gasteiger partial charge in [-0.1, -0.05) is 54.6 Å².